The molecule has 7 heteroatoms. The van der Waals surface area contributed by atoms with Crippen molar-refractivity contribution in [3.8, 4) is 0 Å². The fraction of sp³-hybridized carbons (Fsp3) is 0.435. The molecule has 4 rings (SSSR count). The summed E-state index contributed by atoms with van der Waals surface area (Å²) < 4.78 is 29.7. The molecule has 160 valence electrons. The number of fused-ring (bicyclic) bond motifs is 1. The van der Waals surface area contributed by atoms with Gasteiger partial charge in [-0.25, -0.2) is 0 Å². The van der Waals surface area contributed by atoms with Crippen molar-refractivity contribution in [3.63, 3.8) is 0 Å². The van der Waals surface area contributed by atoms with Crippen molar-refractivity contribution in [2.24, 2.45) is 0 Å². The molecular weight excluding hydrogens is 398 g/mol. The summed E-state index contributed by atoms with van der Waals surface area (Å²) in [4.78, 5) is 12.6. The van der Waals surface area contributed by atoms with E-state index in [0.29, 0.717) is 25.1 Å². The van der Waals surface area contributed by atoms with Crippen molar-refractivity contribution in [2.75, 3.05) is 6.54 Å². The van der Waals surface area contributed by atoms with Crippen LogP contribution in [0, 0.1) is 0 Å². The third kappa shape index (κ3) is 5.09. The van der Waals surface area contributed by atoms with Gasteiger partial charge in [0, 0.05) is 31.2 Å². The third-order valence-electron chi connectivity index (χ3n) is 6.02. The number of hydrogen-bond donors (Lipinski definition) is 2. The van der Waals surface area contributed by atoms with Crippen LogP contribution < -0.4 is 10.0 Å². The van der Waals surface area contributed by atoms with Crippen molar-refractivity contribution < 1.29 is 13.2 Å². The number of rotatable bonds is 6. The molecule has 1 aliphatic heterocycles. The predicted molar refractivity (Wildman–Crippen MR) is 117 cm³/mol. The predicted octanol–water partition coefficient (Wildman–Crippen LogP) is 3.14. The number of nitrogens with one attached hydrogen (secondary N) is 2. The van der Waals surface area contributed by atoms with Gasteiger partial charge in [0.25, 0.3) is 16.1 Å². The first-order valence-electron chi connectivity index (χ1n) is 10.7. The van der Waals surface area contributed by atoms with E-state index in [1.807, 2.05) is 24.3 Å². The fourth-order valence-electron chi connectivity index (χ4n) is 4.28. The van der Waals surface area contributed by atoms with Gasteiger partial charge in [0.2, 0.25) is 0 Å². The Balaban J connectivity index is 1.36. The van der Waals surface area contributed by atoms with Crippen LogP contribution in [-0.4, -0.2) is 31.2 Å². The fourth-order valence-corrected chi connectivity index (χ4v) is 5.45. The Bertz CT molecular complexity index is 1000. The molecule has 1 saturated carbocycles. The van der Waals surface area contributed by atoms with Crippen LogP contribution in [0.15, 0.2) is 48.5 Å². The Labute approximate surface area is 178 Å². The number of benzene rings is 2. The Hall–Kier alpha value is -2.22. The van der Waals surface area contributed by atoms with Gasteiger partial charge < -0.3 is 5.32 Å². The molecule has 0 aromatic heterocycles. The highest BCUT2D eigenvalue weighted by Gasteiger charge is 2.26. The topological polar surface area (TPSA) is 78.5 Å². The first-order valence-corrected chi connectivity index (χ1v) is 12.2. The van der Waals surface area contributed by atoms with Gasteiger partial charge in [-0.05, 0) is 48.1 Å². The first-order chi connectivity index (χ1) is 14.5. The highest BCUT2D eigenvalue weighted by atomic mass is 32.2. The molecule has 1 amide bonds. The SMILES string of the molecule is O=C(NC1CCCCC1)c1cccc(CNS(=O)(=O)N2CCc3ccccc3C2)c1. The van der Waals surface area contributed by atoms with Gasteiger partial charge >= 0.3 is 0 Å². The number of carbonyl (C=O) groups excluding carboxylic acids is 1. The molecule has 1 aliphatic carbocycles. The second-order valence-corrected chi connectivity index (χ2v) is 9.94. The molecule has 2 aliphatic rings. The lowest BCUT2D eigenvalue weighted by molar-refractivity contribution is 0.0927. The van der Waals surface area contributed by atoms with Crippen LogP contribution >= 0.6 is 0 Å². The molecule has 0 unspecified atom stereocenters. The van der Waals surface area contributed by atoms with Gasteiger partial charge in [-0.2, -0.15) is 17.4 Å². The van der Waals surface area contributed by atoms with E-state index in [9.17, 15) is 13.2 Å². The van der Waals surface area contributed by atoms with Crippen molar-refractivity contribution in [2.45, 2.75) is 57.7 Å². The molecule has 0 saturated heterocycles. The Kier molecular flexibility index (Phi) is 6.51. The van der Waals surface area contributed by atoms with Crippen LogP contribution in [0.25, 0.3) is 0 Å². The number of nitrogens with zero attached hydrogens (tertiary/aromatic N) is 1. The van der Waals surface area contributed by atoms with Gasteiger partial charge in [-0.1, -0.05) is 55.7 Å². The summed E-state index contributed by atoms with van der Waals surface area (Å²) in [6.07, 6.45) is 6.34. The first kappa shape index (κ1) is 21.0. The Morgan fingerprint density at radius 3 is 2.57 bits per heavy atom. The summed E-state index contributed by atoms with van der Waals surface area (Å²) in [7, 11) is -3.60. The molecule has 0 atom stereocenters. The zero-order valence-electron chi connectivity index (χ0n) is 17.1. The van der Waals surface area contributed by atoms with Gasteiger partial charge in [0.05, 0.1) is 0 Å². The van der Waals surface area contributed by atoms with Crippen molar-refractivity contribution in [3.05, 3.63) is 70.8 Å². The minimum Gasteiger partial charge on any atom is -0.349 e. The molecule has 1 heterocycles. The Morgan fingerprint density at radius 1 is 1.00 bits per heavy atom. The largest absolute Gasteiger partial charge is 0.349 e. The average molecular weight is 428 g/mol. The maximum Gasteiger partial charge on any atom is 0.280 e. The summed E-state index contributed by atoms with van der Waals surface area (Å²) >= 11 is 0. The van der Waals surface area contributed by atoms with E-state index in [1.54, 1.807) is 18.2 Å². The number of carbonyl (C=O) groups is 1. The Morgan fingerprint density at radius 2 is 1.77 bits per heavy atom. The van der Waals surface area contributed by atoms with Gasteiger partial charge in [0.15, 0.2) is 0 Å². The molecule has 2 aromatic rings. The lowest BCUT2D eigenvalue weighted by atomic mass is 9.95. The minimum atomic E-state index is -3.60. The average Bonchev–Trinajstić information content (AvgIpc) is 2.78. The van der Waals surface area contributed by atoms with Crippen LogP contribution in [0.1, 0.15) is 59.2 Å². The zero-order chi connectivity index (χ0) is 21.0. The summed E-state index contributed by atoms with van der Waals surface area (Å²) in [6, 6.07) is 15.4. The van der Waals surface area contributed by atoms with Gasteiger partial charge in [0.1, 0.15) is 0 Å². The molecule has 30 heavy (non-hydrogen) atoms. The molecule has 1 fully saturated rings. The number of hydrogen-bond acceptors (Lipinski definition) is 3. The van der Waals surface area contributed by atoms with Crippen LogP contribution in [0.5, 0.6) is 0 Å². The van der Waals surface area contributed by atoms with E-state index >= 15 is 0 Å². The maximum absolute atomic E-state index is 12.8. The summed E-state index contributed by atoms with van der Waals surface area (Å²) in [6.45, 7) is 1.01. The molecule has 0 spiro atoms. The monoisotopic (exact) mass is 427 g/mol. The highest BCUT2D eigenvalue weighted by molar-refractivity contribution is 7.87. The van der Waals surface area contributed by atoms with Crippen LogP contribution in [0.2, 0.25) is 0 Å². The molecular formula is C23H29N3O3S. The van der Waals surface area contributed by atoms with E-state index in [4.69, 9.17) is 0 Å². The van der Waals surface area contributed by atoms with E-state index in [2.05, 4.69) is 16.1 Å². The quantitative estimate of drug-likeness (QED) is 0.743. The molecule has 2 aromatic carbocycles. The molecule has 2 N–H and O–H groups in total. The smallest absolute Gasteiger partial charge is 0.280 e. The zero-order valence-corrected chi connectivity index (χ0v) is 18.0. The normalized spacial score (nSPS) is 18.0. The van der Waals surface area contributed by atoms with E-state index in [0.717, 1.165) is 36.8 Å². The summed E-state index contributed by atoms with van der Waals surface area (Å²) in [5, 5.41) is 3.11. The van der Waals surface area contributed by atoms with Crippen molar-refractivity contribution in [1.29, 1.82) is 0 Å². The van der Waals surface area contributed by atoms with Gasteiger partial charge in [-0.15, -0.1) is 0 Å². The van der Waals surface area contributed by atoms with Crippen molar-refractivity contribution >= 4 is 16.1 Å². The van der Waals surface area contributed by atoms with E-state index < -0.39 is 10.2 Å². The van der Waals surface area contributed by atoms with E-state index in [-0.39, 0.29) is 18.5 Å². The summed E-state index contributed by atoms with van der Waals surface area (Å²) in [5.41, 5.74) is 3.60. The third-order valence-corrected chi connectivity index (χ3v) is 7.52. The maximum atomic E-state index is 12.8. The molecule has 0 bridgehead atoms. The van der Waals surface area contributed by atoms with Crippen LogP contribution in [0.3, 0.4) is 0 Å². The molecule has 0 radical (unpaired) electrons. The second kappa shape index (κ2) is 9.29. The summed E-state index contributed by atoms with van der Waals surface area (Å²) in [5.74, 6) is -0.0840. The van der Waals surface area contributed by atoms with Crippen LogP contribution in [-0.2, 0) is 29.7 Å². The lowest BCUT2D eigenvalue weighted by Crippen LogP contribution is -2.43. The minimum absolute atomic E-state index is 0.0840. The lowest BCUT2D eigenvalue weighted by Gasteiger charge is -2.28. The van der Waals surface area contributed by atoms with Crippen LogP contribution in [0.4, 0.5) is 0 Å². The van der Waals surface area contributed by atoms with Gasteiger partial charge in [-0.3, -0.25) is 4.79 Å². The standard InChI is InChI=1S/C23H29N3O3S/c27-23(25-22-11-2-1-3-12-22)20-10-6-7-18(15-20)16-24-30(28,29)26-14-13-19-8-4-5-9-21(19)17-26/h4-10,15,22,24H,1-3,11-14,16-17H2,(H,25,27). The highest BCUT2D eigenvalue weighted by Crippen LogP contribution is 2.21. The molecule has 6 nitrogen and oxygen atoms in total. The number of amides is 1. The second-order valence-electron chi connectivity index (χ2n) is 8.19. The van der Waals surface area contributed by atoms with E-state index in [1.165, 1.54) is 16.3 Å². The van der Waals surface area contributed by atoms with Crippen molar-refractivity contribution in [1.82, 2.24) is 14.3 Å².